The lowest BCUT2D eigenvalue weighted by atomic mass is 9.73. The molecule has 0 aliphatic heterocycles. The van der Waals surface area contributed by atoms with Gasteiger partial charge < -0.3 is 19.2 Å². The van der Waals surface area contributed by atoms with Crippen LogP contribution in [0.1, 0.15) is 142 Å². The first-order valence-corrected chi connectivity index (χ1v) is 15.6. The van der Waals surface area contributed by atoms with Gasteiger partial charge in [-0.05, 0) is 46.8 Å². The van der Waals surface area contributed by atoms with Crippen molar-refractivity contribution < 1.29 is 23.5 Å². The Morgan fingerprint density at radius 3 is 1.57 bits per heavy atom. The van der Waals surface area contributed by atoms with Crippen LogP contribution >= 0.6 is 17.2 Å². The van der Waals surface area contributed by atoms with E-state index in [1.54, 1.807) is 0 Å². The predicted molar refractivity (Wildman–Crippen MR) is 150 cm³/mol. The van der Waals surface area contributed by atoms with Crippen molar-refractivity contribution in [2.24, 2.45) is 5.92 Å². The first kappa shape index (κ1) is 32.9. The van der Waals surface area contributed by atoms with Crippen LogP contribution in [0.15, 0.2) is 12.1 Å². The number of hydrogen-bond donors (Lipinski definition) is 3. The molecule has 0 aliphatic rings. The molecule has 0 aliphatic carbocycles. The van der Waals surface area contributed by atoms with Gasteiger partial charge in [-0.2, -0.15) is 0 Å². The summed E-state index contributed by atoms with van der Waals surface area (Å²) in [4.78, 5) is 28.9. The summed E-state index contributed by atoms with van der Waals surface area (Å²) >= 11 is 0. The topological polar surface area (TPSA) is 79.2 Å². The molecule has 0 saturated heterocycles. The second kappa shape index (κ2) is 15.3. The molecule has 0 heterocycles. The summed E-state index contributed by atoms with van der Waals surface area (Å²) < 4.78 is 10.9. The monoisotopic (exact) mass is 530 g/mol. The van der Waals surface area contributed by atoms with Crippen LogP contribution in [0.25, 0.3) is 0 Å². The van der Waals surface area contributed by atoms with E-state index in [0.717, 1.165) is 30.7 Å². The standard InChI is InChI=1S/C28H52O5P2/c1-21(2)17-15-13-11-10-12-14-16-18-25(32-35(31)33-34(29)30)26-23(27(4,5)6)19-22(3)20-24(26)28(7,8)9/h19-21,25,29-31H,10-18H2,1-9H3. The van der Waals surface area contributed by atoms with Crippen molar-refractivity contribution in [3.8, 4) is 0 Å². The van der Waals surface area contributed by atoms with Gasteiger partial charge >= 0.3 is 17.2 Å². The second-order valence-electron chi connectivity index (χ2n) is 12.4. The molecule has 3 N–H and O–H groups in total. The molecule has 2 unspecified atom stereocenters. The molecule has 1 aromatic carbocycles. The fraction of sp³-hybridized carbons (Fsp3) is 0.786. The van der Waals surface area contributed by atoms with E-state index in [-0.39, 0.29) is 16.9 Å². The zero-order valence-electron chi connectivity index (χ0n) is 23.7. The Morgan fingerprint density at radius 2 is 1.17 bits per heavy atom. The molecule has 1 rings (SSSR count). The molecule has 7 heteroatoms. The Morgan fingerprint density at radius 1 is 0.743 bits per heavy atom. The van der Waals surface area contributed by atoms with Crippen molar-refractivity contribution in [3.05, 3.63) is 34.4 Å². The van der Waals surface area contributed by atoms with E-state index in [2.05, 4.69) is 74.4 Å². The van der Waals surface area contributed by atoms with Gasteiger partial charge in [0.2, 0.25) is 0 Å². The number of unbranched alkanes of at least 4 members (excludes halogenated alkanes) is 6. The maximum Gasteiger partial charge on any atom is 0.337 e. The highest BCUT2D eigenvalue weighted by molar-refractivity contribution is 7.54. The van der Waals surface area contributed by atoms with E-state index < -0.39 is 17.2 Å². The summed E-state index contributed by atoms with van der Waals surface area (Å²) in [6.07, 6.45) is 10.2. The van der Waals surface area contributed by atoms with E-state index in [9.17, 15) is 14.7 Å². The molecule has 0 radical (unpaired) electrons. The number of hydrogen-bond acceptors (Lipinski definition) is 5. The smallest absolute Gasteiger partial charge is 0.328 e. The van der Waals surface area contributed by atoms with Gasteiger partial charge in [0.15, 0.2) is 0 Å². The summed E-state index contributed by atoms with van der Waals surface area (Å²) in [7, 11) is -5.08. The lowest BCUT2D eigenvalue weighted by Gasteiger charge is -2.35. The summed E-state index contributed by atoms with van der Waals surface area (Å²) in [5.41, 5.74) is 4.50. The Balaban J connectivity index is 3.06. The van der Waals surface area contributed by atoms with Gasteiger partial charge in [0, 0.05) is 0 Å². The molecule has 0 bridgehead atoms. The maximum absolute atomic E-state index is 10.4. The minimum atomic E-state index is -2.68. The Labute approximate surface area is 218 Å². The lowest BCUT2D eigenvalue weighted by Crippen LogP contribution is -2.24. The molecular weight excluding hydrogens is 478 g/mol. The van der Waals surface area contributed by atoms with Crippen LogP contribution < -0.4 is 0 Å². The van der Waals surface area contributed by atoms with E-state index in [1.165, 1.54) is 55.2 Å². The summed E-state index contributed by atoms with van der Waals surface area (Å²) in [6.45, 7) is 19.9. The molecular formula is C28H52O5P2. The van der Waals surface area contributed by atoms with Crippen molar-refractivity contribution in [2.75, 3.05) is 0 Å². The average molecular weight is 531 g/mol. The van der Waals surface area contributed by atoms with Crippen LogP contribution in [-0.4, -0.2) is 14.7 Å². The highest BCUT2D eigenvalue weighted by Crippen LogP contribution is 2.52. The fourth-order valence-corrected chi connectivity index (χ4v) is 5.67. The van der Waals surface area contributed by atoms with Crippen LogP contribution in [0.3, 0.4) is 0 Å². The highest BCUT2D eigenvalue weighted by atomic mass is 31.2. The van der Waals surface area contributed by atoms with Crippen LogP contribution in [0.4, 0.5) is 0 Å². The van der Waals surface area contributed by atoms with Crippen molar-refractivity contribution in [1.82, 2.24) is 0 Å². The van der Waals surface area contributed by atoms with Gasteiger partial charge in [0.25, 0.3) is 0 Å². The van der Waals surface area contributed by atoms with Gasteiger partial charge in [-0.25, -0.2) is 4.31 Å². The minimum absolute atomic E-state index is 0.113. The largest absolute Gasteiger partial charge is 0.337 e. The molecule has 204 valence electrons. The van der Waals surface area contributed by atoms with E-state index >= 15 is 0 Å². The molecule has 0 amide bonds. The van der Waals surface area contributed by atoms with Crippen molar-refractivity contribution in [3.63, 3.8) is 0 Å². The molecule has 0 aromatic heterocycles. The average Bonchev–Trinajstić information content (AvgIpc) is 2.69. The SMILES string of the molecule is Cc1cc(C(C)(C)C)c(C(CCCCCCCCCC(C)C)OP(O)OP(O)O)c(C(C)(C)C)c1. The molecule has 0 saturated carbocycles. The normalized spacial score (nSPS) is 14.7. The third-order valence-electron chi connectivity index (χ3n) is 6.37. The lowest BCUT2D eigenvalue weighted by molar-refractivity contribution is 0.157. The van der Waals surface area contributed by atoms with Crippen LogP contribution in [-0.2, 0) is 19.7 Å². The molecule has 35 heavy (non-hydrogen) atoms. The Kier molecular flexibility index (Phi) is 14.4. The minimum Gasteiger partial charge on any atom is -0.328 e. The quantitative estimate of drug-likeness (QED) is 0.156. The van der Waals surface area contributed by atoms with Crippen LogP contribution in [0.5, 0.6) is 0 Å². The number of benzene rings is 1. The van der Waals surface area contributed by atoms with Gasteiger partial charge in [-0.1, -0.05) is 124 Å². The van der Waals surface area contributed by atoms with Gasteiger partial charge in [-0.3, -0.25) is 0 Å². The molecule has 0 spiro atoms. The predicted octanol–water partition coefficient (Wildman–Crippen LogP) is 9.26. The van der Waals surface area contributed by atoms with Crippen molar-refractivity contribution >= 4 is 17.2 Å². The highest BCUT2D eigenvalue weighted by Gasteiger charge is 2.32. The van der Waals surface area contributed by atoms with Crippen LogP contribution in [0.2, 0.25) is 0 Å². The van der Waals surface area contributed by atoms with Gasteiger partial charge in [0.05, 0.1) is 6.10 Å². The Hall–Kier alpha value is -0.120. The first-order chi connectivity index (χ1) is 16.1. The fourth-order valence-electron chi connectivity index (χ4n) is 4.59. The number of rotatable bonds is 15. The van der Waals surface area contributed by atoms with E-state index in [0.29, 0.717) is 0 Å². The zero-order valence-corrected chi connectivity index (χ0v) is 25.5. The Bertz CT molecular complexity index is 703. The number of aryl methyl sites for hydroxylation is 1. The van der Waals surface area contributed by atoms with E-state index in [1.807, 2.05) is 0 Å². The maximum atomic E-state index is 10.4. The van der Waals surface area contributed by atoms with Crippen molar-refractivity contribution in [1.29, 1.82) is 0 Å². The molecule has 0 fully saturated rings. The van der Waals surface area contributed by atoms with Crippen molar-refractivity contribution in [2.45, 2.75) is 137 Å². The summed E-state index contributed by atoms with van der Waals surface area (Å²) in [5, 5.41) is 0. The molecule has 5 nitrogen and oxygen atoms in total. The third kappa shape index (κ3) is 12.8. The zero-order chi connectivity index (χ0) is 26.8. The van der Waals surface area contributed by atoms with Gasteiger partial charge in [-0.15, -0.1) is 0 Å². The van der Waals surface area contributed by atoms with E-state index in [4.69, 9.17) is 8.83 Å². The van der Waals surface area contributed by atoms with Crippen LogP contribution in [0, 0.1) is 12.8 Å². The summed E-state index contributed by atoms with van der Waals surface area (Å²) in [6, 6.07) is 4.45. The van der Waals surface area contributed by atoms with Gasteiger partial charge in [0.1, 0.15) is 0 Å². The second-order valence-corrected chi connectivity index (χ2v) is 14.2. The molecule has 2 atom stereocenters. The molecule has 1 aromatic rings. The first-order valence-electron chi connectivity index (χ1n) is 13.3. The summed E-state index contributed by atoms with van der Waals surface area (Å²) in [5.74, 6) is 0.791. The third-order valence-corrected chi connectivity index (χ3v) is 7.95.